The maximum absolute atomic E-state index is 12.7. The third kappa shape index (κ3) is 5.35. The number of carbonyl (C=O) groups excluding carboxylic acids is 1. The van der Waals surface area contributed by atoms with E-state index in [4.69, 9.17) is 0 Å². The normalized spacial score (nSPS) is 15.3. The first-order valence-electron chi connectivity index (χ1n) is 9.06. The molecule has 1 aromatic carbocycles. The van der Waals surface area contributed by atoms with Crippen molar-refractivity contribution in [2.45, 2.75) is 17.7 Å². The molecule has 0 aliphatic carbocycles. The van der Waals surface area contributed by atoms with Gasteiger partial charge in [0.1, 0.15) is 0 Å². The molecular formula is C19H24N4O3S. The lowest BCUT2D eigenvalue weighted by molar-refractivity contribution is 0.0766. The number of carbonyl (C=O) groups is 1. The van der Waals surface area contributed by atoms with Crippen LogP contribution in [0.2, 0.25) is 0 Å². The van der Waals surface area contributed by atoms with E-state index in [2.05, 4.69) is 15.0 Å². The molecule has 0 unspecified atom stereocenters. The lowest BCUT2D eigenvalue weighted by Crippen LogP contribution is -2.34. The third-order valence-corrected chi connectivity index (χ3v) is 5.88. The van der Waals surface area contributed by atoms with Gasteiger partial charge in [0, 0.05) is 50.1 Å². The van der Waals surface area contributed by atoms with Gasteiger partial charge in [-0.3, -0.25) is 9.78 Å². The molecule has 1 aliphatic heterocycles. The Labute approximate surface area is 159 Å². The van der Waals surface area contributed by atoms with Gasteiger partial charge < -0.3 is 10.2 Å². The highest BCUT2D eigenvalue weighted by Crippen LogP contribution is 2.14. The molecule has 3 rings (SSSR count). The van der Waals surface area contributed by atoms with Crippen LogP contribution in [-0.2, 0) is 16.4 Å². The van der Waals surface area contributed by atoms with Crippen LogP contribution in [0, 0.1) is 0 Å². The predicted molar refractivity (Wildman–Crippen MR) is 103 cm³/mol. The Morgan fingerprint density at radius 1 is 1.15 bits per heavy atom. The summed E-state index contributed by atoms with van der Waals surface area (Å²) in [5, 5.41) is 3.25. The average molecular weight is 388 g/mol. The van der Waals surface area contributed by atoms with Crippen molar-refractivity contribution in [1.29, 1.82) is 0 Å². The van der Waals surface area contributed by atoms with E-state index in [0.29, 0.717) is 25.1 Å². The van der Waals surface area contributed by atoms with Crippen molar-refractivity contribution in [2.24, 2.45) is 0 Å². The Morgan fingerprint density at radius 2 is 2.04 bits per heavy atom. The van der Waals surface area contributed by atoms with Crippen molar-refractivity contribution < 1.29 is 13.2 Å². The number of nitrogens with zero attached hydrogens (tertiary/aromatic N) is 2. The summed E-state index contributed by atoms with van der Waals surface area (Å²) in [4.78, 5) is 18.7. The molecule has 27 heavy (non-hydrogen) atoms. The minimum Gasteiger partial charge on any atom is -0.337 e. The Bertz CT molecular complexity index is 864. The van der Waals surface area contributed by atoms with Crippen LogP contribution >= 0.6 is 0 Å². The van der Waals surface area contributed by atoms with Crippen molar-refractivity contribution in [3.8, 4) is 0 Å². The number of pyridine rings is 1. The summed E-state index contributed by atoms with van der Waals surface area (Å²) < 4.78 is 27.7. The highest BCUT2D eigenvalue weighted by Gasteiger charge is 2.20. The fourth-order valence-corrected chi connectivity index (χ4v) is 4.05. The van der Waals surface area contributed by atoms with Crippen molar-refractivity contribution in [1.82, 2.24) is 19.9 Å². The SMILES string of the molecule is O=C(c1cccc(S(=O)(=O)NCCc2ccccn2)c1)N1CCCNCC1. The van der Waals surface area contributed by atoms with E-state index in [0.717, 1.165) is 25.2 Å². The van der Waals surface area contributed by atoms with Crippen LogP contribution in [0.5, 0.6) is 0 Å². The van der Waals surface area contributed by atoms with Crippen molar-refractivity contribution in [3.63, 3.8) is 0 Å². The molecule has 1 fully saturated rings. The van der Waals surface area contributed by atoms with Gasteiger partial charge in [-0.05, 0) is 43.3 Å². The van der Waals surface area contributed by atoms with Crippen LogP contribution in [-0.4, -0.2) is 56.9 Å². The molecule has 0 radical (unpaired) electrons. The molecular weight excluding hydrogens is 364 g/mol. The maximum Gasteiger partial charge on any atom is 0.253 e. The number of amides is 1. The van der Waals surface area contributed by atoms with Crippen LogP contribution in [0.15, 0.2) is 53.6 Å². The Kier molecular flexibility index (Phi) is 6.54. The molecule has 2 N–H and O–H groups in total. The van der Waals surface area contributed by atoms with Crippen molar-refractivity contribution >= 4 is 15.9 Å². The second kappa shape index (κ2) is 9.07. The fourth-order valence-electron chi connectivity index (χ4n) is 2.97. The molecule has 0 saturated carbocycles. The monoisotopic (exact) mass is 388 g/mol. The first-order chi connectivity index (χ1) is 13.1. The van der Waals surface area contributed by atoms with Gasteiger partial charge in [-0.15, -0.1) is 0 Å². The van der Waals surface area contributed by atoms with Gasteiger partial charge in [0.25, 0.3) is 5.91 Å². The molecule has 0 bridgehead atoms. The van der Waals surface area contributed by atoms with Crippen molar-refractivity contribution in [3.05, 3.63) is 59.9 Å². The number of hydrogen-bond donors (Lipinski definition) is 2. The molecule has 2 heterocycles. The van der Waals surface area contributed by atoms with Crippen LogP contribution in [0.1, 0.15) is 22.5 Å². The van der Waals surface area contributed by atoms with Gasteiger partial charge in [0.2, 0.25) is 10.0 Å². The van der Waals surface area contributed by atoms with Gasteiger partial charge in [-0.1, -0.05) is 12.1 Å². The van der Waals surface area contributed by atoms with E-state index in [9.17, 15) is 13.2 Å². The summed E-state index contributed by atoms with van der Waals surface area (Å²) in [6, 6.07) is 11.8. The first kappa shape index (κ1) is 19.5. The summed E-state index contributed by atoms with van der Waals surface area (Å²) >= 11 is 0. The summed E-state index contributed by atoms with van der Waals surface area (Å²) in [5.41, 5.74) is 1.21. The van der Waals surface area contributed by atoms with Crippen LogP contribution in [0.3, 0.4) is 0 Å². The molecule has 1 amide bonds. The zero-order valence-electron chi connectivity index (χ0n) is 15.1. The zero-order chi connectivity index (χ0) is 19.1. The van der Waals surface area contributed by atoms with E-state index in [1.807, 2.05) is 18.2 Å². The molecule has 144 valence electrons. The first-order valence-corrected chi connectivity index (χ1v) is 10.5. The fraction of sp³-hybridized carbons (Fsp3) is 0.368. The molecule has 0 atom stereocenters. The maximum atomic E-state index is 12.7. The molecule has 1 aromatic heterocycles. The van der Waals surface area contributed by atoms with Crippen LogP contribution in [0.25, 0.3) is 0 Å². The molecule has 7 nitrogen and oxygen atoms in total. The molecule has 1 aliphatic rings. The number of sulfonamides is 1. The number of nitrogens with one attached hydrogen (secondary N) is 2. The second-order valence-electron chi connectivity index (χ2n) is 6.39. The van der Waals surface area contributed by atoms with Gasteiger partial charge in [-0.2, -0.15) is 0 Å². The number of aromatic nitrogens is 1. The highest BCUT2D eigenvalue weighted by molar-refractivity contribution is 7.89. The van der Waals surface area contributed by atoms with E-state index < -0.39 is 10.0 Å². The molecule has 8 heteroatoms. The van der Waals surface area contributed by atoms with Gasteiger partial charge >= 0.3 is 0 Å². The summed E-state index contributed by atoms with van der Waals surface area (Å²) in [5.74, 6) is -0.135. The lowest BCUT2D eigenvalue weighted by Gasteiger charge is -2.20. The minimum absolute atomic E-state index is 0.0994. The predicted octanol–water partition coefficient (Wildman–Crippen LogP) is 1.04. The van der Waals surface area contributed by atoms with E-state index in [1.54, 1.807) is 23.2 Å². The summed E-state index contributed by atoms with van der Waals surface area (Å²) in [6.07, 6.45) is 3.07. The second-order valence-corrected chi connectivity index (χ2v) is 8.16. The molecule has 2 aromatic rings. The summed E-state index contributed by atoms with van der Waals surface area (Å²) in [6.45, 7) is 3.18. The topological polar surface area (TPSA) is 91.4 Å². The standard InChI is InChI=1S/C19H24N4O3S/c24-19(23-13-4-9-20-12-14-23)16-5-3-7-18(15-16)27(25,26)22-11-8-17-6-1-2-10-21-17/h1-3,5-7,10,15,20,22H,4,8-9,11-14H2. The van der Waals surface area contributed by atoms with Crippen LogP contribution in [0.4, 0.5) is 0 Å². The summed E-state index contributed by atoms with van der Waals surface area (Å²) in [7, 11) is -3.69. The number of hydrogen-bond acceptors (Lipinski definition) is 5. The van der Waals surface area contributed by atoms with Crippen LogP contribution < -0.4 is 10.0 Å². The highest BCUT2D eigenvalue weighted by atomic mass is 32.2. The van der Waals surface area contributed by atoms with Crippen molar-refractivity contribution in [2.75, 3.05) is 32.7 Å². The number of benzene rings is 1. The van der Waals surface area contributed by atoms with Gasteiger partial charge in [0.05, 0.1) is 4.90 Å². The largest absolute Gasteiger partial charge is 0.337 e. The average Bonchev–Trinajstić information content (AvgIpc) is 2.98. The molecule has 1 saturated heterocycles. The van der Waals surface area contributed by atoms with E-state index in [-0.39, 0.29) is 17.3 Å². The zero-order valence-corrected chi connectivity index (χ0v) is 15.9. The number of rotatable bonds is 6. The smallest absolute Gasteiger partial charge is 0.253 e. The quantitative estimate of drug-likeness (QED) is 0.772. The Balaban J connectivity index is 1.66. The minimum atomic E-state index is -3.69. The Hall–Kier alpha value is -2.29. The third-order valence-electron chi connectivity index (χ3n) is 4.42. The van der Waals surface area contributed by atoms with E-state index in [1.165, 1.54) is 12.1 Å². The lowest BCUT2D eigenvalue weighted by atomic mass is 10.2. The van der Waals surface area contributed by atoms with Gasteiger partial charge in [-0.25, -0.2) is 13.1 Å². The van der Waals surface area contributed by atoms with E-state index >= 15 is 0 Å². The molecule has 0 spiro atoms. The Morgan fingerprint density at radius 3 is 2.85 bits per heavy atom. The van der Waals surface area contributed by atoms with Gasteiger partial charge in [0.15, 0.2) is 0 Å².